The van der Waals surface area contributed by atoms with Crippen molar-refractivity contribution in [2.24, 2.45) is 5.92 Å². The number of aromatic carboxylic acids is 1. The minimum atomic E-state index is -1.04. The van der Waals surface area contributed by atoms with E-state index in [1.54, 1.807) is 6.07 Å². The quantitative estimate of drug-likeness (QED) is 0.814. The first-order valence-electron chi connectivity index (χ1n) is 6.84. The molecule has 1 aromatic heterocycles. The van der Waals surface area contributed by atoms with Gasteiger partial charge in [-0.1, -0.05) is 32.0 Å². The zero-order valence-electron chi connectivity index (χ0n) is 11.8. The molecule has 4 heteroatoms. The Morgan fingerprint density at radius 1 is 1.35 bits per heavy atom. The lowest BCUT2D eigenvalue weighted by atomic mass is 10.1. The summed E-state index contributed by atoms with van der Waals surface area (Å²) >= 11 is 0. The van der Waals surface area contributed by atoms with Crippen molar-refractivity contribution in [3.8, 4) is 5.88 Å². The van der Waals surface area contributed by atoms with E-state index in [2.05, 4.69) is 18.8 Å². The number of pyridine rings is 1. The van der Waals surface area contributed by atoms with Crippen LogP contribution in [-0.4, -0.2) is 22.7 Å². The predicted molar refractivity (Wildman–Crippen MR) is 78.3 cm³/mol. The van der Waals surface area contributed by atoms with Crippen LogP contribution in [0.2, 0.25) is 0 Å². The van der Waals surface area contributed by atoms with Crippen molar-refractivity contribution in [2.45, 2.75) is 26.7 Å². The van der Waals surface area contributed by atoms with Crippen LogP contribution in [0.25, 0.3) is 10.8 Å². The summed E-state index contributed by atoms with van der Waals surface area (Å²) in [7, 11) is 0. The highest BCUT2D eigenvalue weighted by Gasteiger charge is 2.11. The van der Waals surface area contributed by atoms with E-state index in [0.717, 1.165) is 23.6 Å². The van der Waals surface area contributed by atoms with Crippen LogP contribution in [0.4, 0.5) is 0 Å². The summed E-state index contributed by atoms with van der Waals surface area (Å²) in [6.07, 6.45) is 2.02. The van der Waals surface area contributed by atoms with E-state index >= 15 is 0 Å². The SMILES string of the molecule is CC(C)CCCOc1nc(C(=O)O)cc2ccccc12. The molecule has 0 bridgehead atoms. The minimum absolute atomic E-state index is 0.0163. The third-order valence-corrected chi connectivity index (χ3v) is 3.09. The van der Waals surface area contributed by atoms with Gasteiger partial charge in [-0.05, 0) is 36.3 Å². The summed E-state index contributed by atoms with van der Waals surface area (Å²) in [5.74, 6) is 0.000645. The highest BCUT2D eigenvalue weighted by atomic mass is 16.5. The van der Waals surface area contributed by atoms with Gasteiger partial charge in [-0.15, -0.1) is 0 Å². The molecule has 0 saturated heterocycles. The first-order chi connectivity index (χ1) is 9.58. The standard InChI is InChI=1S/C16H19NO3/c1-11(2)6-5-9-20-15-13-8-4-3-7-12(13)10-14(17-15)16(18)19/h3-4,7-8,10-11H,5-6,9H2,1-2H3,(H,18,19). The number of carboxylic acid groups (broad SMARTS) is 1. The molecule has 0 amide bonds. The van der Waals surface area contributed by atoms with Crippen molar-refractivity contribution in [2.75, 3.05) is 6.61 Å². The first-order valence-corrected chi connectivity index (χ1v) is 6.84. The Morgan fingerprint density at radius 2 is 2.10 bits per heavy atom. The van der Waals surface area contributed by atoms with Crippen LogP contribution in [-0.2, 0) is 0 Å². The molecule has 1 aromatic carbocycles. The molecule has 1 heterocycles. The van der Waals surface area contributed by atoms with Crippen LogP contribution in [0.1, 0.15) is 37.2 Å². The molecule has 20 heavy (non-hydrogen) atoms. The number of aromatic nitrogens is 1. The third-order valence-electron chi connectivity index (χ3n) is 3.09. The van der Waals surface area contributed by atoms with E-state index in [4.69, 9.17) is 9.84 Å². The second-order valence-electron chi connectivity index (χ2n) is 5.22. The number of nitrogens with zero attached hydrogens (tertiary/aromatic N) is 1. The summed E-state index contributed by atoms with van der Waals surface area (Å²) in [4.78, 5) is 15.2. The van der Waals surface area contributed by atoms with Gasteiger partial charge >= 0.3 is 5.97 Å². The summed E-state index contributed by atoms with van der Waals surface area (Å²) < 4.78 is 5.69. The highest BCUT2D eigenvalue weighted by Crippen LogP contribution is 2.24. The van der Waals surface area contributed by atoms with Gasteiger partial charge in [-0.25, -0.2) is 9.78 Å². The molecule has 2 aromatic rings. The molecule has 0 saturated carbocycles. The molecule has 0 aliphatic carbocycles. The van der Waals surface area contributed by atoms with E-state index < -0.39 is 5.97 Å². The third kappa shape index (κ3) is 3.47. The summed E-state index contributed by atoms with van der Waals surface area (Å²) in [5, 5.41) is 10.8. The van der Waals surface area contributed by atoms with Crippen molar-refractivity contribution in [1.29, 1.82) is 0 Å². The number of rotatable bonds is 6. The molecule has 0 atom stereocenters. The van der Waals surface area contributed by atoms with Gasteiger partial charge in [-0.2, -0.15) is 0 Å². The van der Waals surface area contributed by atoms with Gasteiger partial charge in [-0.3, -0.25) is 0 Å². The lowest BCUT2D eigenvalue weighted by molar-refractivity contribution is 0.0689. The maximum Gasteiger partial charge on any atom is 0.354 e. The average molecular weight is 273 g/mol. The van der Waals surface area contributed by atoms with Crippen LogP contribution in [0.3, 0.4) is 0 Å². The molecule has 1 N–H and O–H groups in total. The topological polar surface area (TPSA) is 59.4 Å². The van der Waals surface area contributed by atoms with Crippen molar-refractivity contribution in [3.63, 3.8) is 0 Å². The molecule has 2 rings (SSSR count). The van der Waals surface area contributed by atoms with Crippen molar-refractivity contribution in [1.82, 2.24) is 4.98 Å². The van der Waals surface area contributed by atoms with E-state index in [1.165, 1.54) is 0 Å². The Balaban J connectivity index is 2.23. The molecular weight excluding hydrogens is 254 g/mol. The van der Waals surface area contributed by atoms with E-state index in [9.17, 15) is 4.79 Å². The summed E-state index contributed by atoms with van der Waals surface area (Å²) in [6.45, 7) is 4.88. The lowest BCUT2D eigenvalue weighted by Gasteiger charge is -2.10. The van der Waals surface area contributed by atoms with Gasteiger partial charge in [0.2, 0.25) is 5.88 Å². The number of fused-ring (bicyclic) bond motifs is 1. The van der Waals surface area contributed by atoms with Crippen LogP contribution in [0.5, 0.6) is 5.88 Å². The van der Waals surface area contributed by atoms with E-state index in [-0.39, 0.29) is 5.69 Å². The van der Waals surface area contributed by atoms with Crippen LogP contribution < -0.4 is 4.74 Å². The first kappa shape index (κ1) is 14.3. The molecule has 0 radical (unpaired) electrons. The molecule has 0 aliphatic rings. The maximum absolute atomic E-state index is 11.1. The van der Waals surface area contributed by atoms with Crippen LogP contribution >= 0.6 is 0 Å². The van der Waals surface area contributed by atoms with Gasteiger partial charge in [0.1, 0.15) is 0 Å². The fourth-order valence-corrected chi connectivity index (χ4v) is 2.05. The predicted octanol–water partition coefficient (Wildman–Crippen LogP) is 3.75. The Labute approximate surface area is 118 Å². The highest BCUT2D eigenvalue weighted by molar-refractivity contribution is 5.94. The van der Waals surface area contributed by atoms with Gasteiger partial charge in [0.25, 0.3) is 0 Å². The molecule has 0 fully saturated rings. The van der Waals surface area contributed by atoms with Gasteiger partial charge in [0.15, 0.2) is 5.69 Å². The Kier molecular flexibility index (Phi) is 4.56. The number of carboxylic acids is 1. The molecule has 0 spiro atoms. The largest absolute Gasteiger partial charge is 0.477 e. The molecule has 106 valence electrons. The zero-order chi connectivity index (χ0) is 14.5. The summed E-state index contributed by atoms with van der Waals surface area (Å²) in [6, 6.07) is 9.09. The number of ether oxygens (including phenoxy) is 1. The molecule has 4 nitrogen and oxygen atoms in total. The second kappa shape index (κ2) is 6.37. The fourth-order valence-electron chi connectivity index (χ4n) is 2.05. The molecular formula is C16H19NO3. The zero-order valence-corrected chi connectivity index (χ0v) is 11.8. The minimum Gasteiger partial charge on any atom is -0.477 e. The lowest BCUT2D eigenvalue weighted by Crippen LogP contribution is -2.06. The Morgan fingerprint density at radius 3 is 2.80 bits per heavy atom. The number of carbonyl (C=O) groups is 1. The molecule has 0 aliphatic heterocycles. The van der Waals surface area contributed by atoms with Gasteiger partial charge < -0.3 is 9.84 Å². The van der Waals surface area contributed by atoms with Gasteiger partial charge in [0.05, 0.1) is 6.61 Å². The second-order valence-corrected chi connectivity index (χ2v) is 5.22. The maximum atomic E-state index is 11.1. The van der Waals surface area contributed by atoms with Crippen molar-refractivity contribution < 1.29 is 14.6 Å². The van der Waals surface area contributed by atoms with E-state index in [0.29, 0.717) is 18.4 Å². The monoisotopic (exact) mass is 273 g/mol. The number of hydrogen-bond acceptors (Lipinski definition) is 3. The molecule has 0 unspecified atom stereocenters. The normalized spacial score (nSPS) is 10.9. The van der Waals surface area contributed by atoms with E-state index in [1.807, 2.05) is 24.3 Å². The summed E-state index contributed by atoms with van der Waals surface area (Å²) in [5.41, 5.74) is 0.0163. The smallest absolute Gasteiger partial charge is 0.354 e. The van der Waals surface area contributed by atoms with Crippen LogP contribution in [0.15, 0.2) is 30.3 Å². The Hall–Kier alpha value is -2.10. The number of hydrogen-bond donors (Lipinski definition) is 1. The average Bonchev–Trinajstić information content (AvgIpc) is 2.42. The Bertz CT molecular complexity index is 608. The van der Waals surface area contributed by atoms with Crippen LogP contribution in [0, 0.1) is 5.92 Å². The fraction of sp³-hybridized carbons (Fsp3) is 0.375. The van der Waals surface area contributed by atoms with Crippen molar-refractivity contribution >= 4 is 16.7 Å². The van der Waals surface area contributed by atoms with Gasteiger partial charge in [0, 0.05) is 5.39 Å². The van der Waals surface area contributed by atoms with Crippen molar-refractivity contribution in [3.05, 3.63) is 36.0 Å². The number of benzene rings is 1.